The Bertz CT molecular complexity index is 3930. The van der Waals surface area contributed by atoms with E-state index in [0.717, 1.165) is 115 Å². The van der Waals surface area contributed by atoms with Crippen molar-refractivity contribution >= 4 is 91.0 Å². The summed E-state index contributed by atoms with van der Waals surface area (Å²) in [6, 6.07) is 60.8. The van der Waals surface area contributed by atoms with Gasteiger partial charge in [0.25, 0.3) is 5.91 Å². The molecule has 0 saturated carbocycles. The lowest BCUT2D eigenvalue weighted by Crippen LogP contribution is -2.40. The summed E-state index contributed by atoms with van der Waals surface area (Å²) in [6.07, 6.45) is 8.46. The van der Waals surface area contributed by atoms with Crippen molar-refractivity contribution in [3.8, 4) is 17.0 Å². The highest BCUT2D eigenvalue weighted by atomic mass is 32.1. The molecule has 0 radical (unpaired) electrons. The number of nitrogens with one attached hydrogen (secondary N) is 5. The quantitative estimate of drug-likeness (QED) is 0.0300. The summed E-state index contributed by atoms with van der Waals surface area (Å²) in [6.45, 7) is 2.62. The van der Waals surface area contributed by atoms with Gasteiger partial charge in [0, 0.05) is 52.4 Å². The van der Waals surface area contributed by atoms with Gasteiger partial charge in [-0.15, -0.1) is 0 Å². The maximum atomic E-state index is 14.3. The first-order chi connectivity index (χ1) is 43.2. The normalized spacial score (nSPS) is 12.4. The number of amides is 2. The van der Waals surface area contributed by atoms with Crippen molar-refractivity contribution in [2.24, 2.45) is 5.92 Å². The zero-order chi connectivity index (χ0) is 62.4. The molecule has 11 rings (SSSR count). The molecular weight excluding hydrogens is 1190 g/mol. The lowest BCUT2D eigenvalue weighted by molar-refractivity contribution is -0.138. The molecule has 1 atom stereocenters. The fourth-order valence-corrected chi connectivity index (χ4v) is 11.3. The molecular formula is C71H67F4N7O4S3. The molecule has 1 aliphatic carbocycles. The highest BCUT2D eigenvalue weighted by Crippen LogP contribution is 2.37. The first kappa shape index (κ1) is 64.4. The van der Waals surface area contributed by atoms with Gasteiger partial charge in [-0.3, -0.25) is 19.9 Å². The number of hydrogen-bond acceptors (Lipinski definition) is 10. The summed E-state index contributed by atoms with van der Waals surface area (Å²) in [7, 11) is 0. The lowest BCUT2D eigenvalue weighted by atomic mass is 9.83. The molecule has 7 aromatic carbocycles. The van der Waals surface area contributed by atoms with E-state index >= 15 is 0 Å². The SMILES string of the molecule is CCCCCCCCc1ccc(Nc2nc(-c3cccnc3)c(F)s2)cc1C(F)(F)F.O=C(NC(=S)Nc1cccc(Cc2ccccc2)c1)c1cc2ccccc2o1.O=C(NC(=S)Nc1cccc(OCc2ccccc2)c1)C1CCc2ccccc2C1. The standard InChI is InChI=1S/C25H24N2O2S.C23H25F4N3S.C23H18N2O2S/c28-24(21-14-13-19-9-4-5-10-20(19)15-21)27-25(30)26-22-11-6-12-23(16-22)29-17-18-7-2-1-3-8-18;1-2-3-4-5-6-7-9-16-11-12-18(14-19(16)23(25,26)27)29-22-30-20(21(24)31-22)17-10-8-13-28-15-17;26-22(21-15-18-10-4-5-12-20(18)27-21)25-23(28)24-19-11-6-9-17(14-19)13-16-7-2-1-3-8-16/h1-12,16,21H,13-15,17H2,(H2,26,27,28,30);8,10-15H,2-7,9H2,1H3,(H,29,30);1-12,14-15H,13H2,(H2,24,25,26,28). The number of carbonyl (C=O) groups is 2. The molecule has 11 nitrogen and oxygen atoms in total. The maximum absolute atomic E-state index is 14.3. The number of carbonyl (C=O) groups excluding carboxylic acids is 2. The van der Waals surface area contributed by atoms with E-state index in [0.29, 0.717) is 29.3 Å². The molecule has 89 heavy (non-hydrogen) atoms. The number of hydrogen-bond donors (Lipinski definition) is 5. The Labute approximate surface area is 530 Å². The van der Waals surface area contributed by atoms with Gasteiger partial charge in [-0.05, 0) is 157 Å². The highest BCUT2D eigenvalue weighted by molar-refractivity contribution is 7.80. The van der Waals surface area contributed by atoms with Crippen LogP contribution >= 0.6 is 35.8 Å². The van der Waals surface area contributed by atoms with Gasteiger partial charge in [-0.25, -0.2) is 4.98 Å². The third-order valence-corrected chi connectivity index (χ3v) is 15.8. The average Bonchev–Trinajstić information content (AvgIpc) is 2.74. The summed E-state index contributed by atoms with van der Waals surface area (Å²) in [5.74, 6) is 0.498. The number of nitrogens with zero attached hydrogens (tertiary/aromatic N) is 2. The minimum atomic E-state index is -4.45. The van der Waals surface area contributed by atoms with Gasteiger partial charge in [0.2, 0.25) is 11.0 Å². The molecule has 5 N–H and O–H groups in total. The van der Waals surface area contributed by atoms with Crippen LogP contribution in [0.3, 0.4) is 0 Å². The fraction of sp³-hybridized carbons (Fsp3) is 0.211. The summed E-state index contributed by atoms with van der Waals surface area (Å²) >= 11 is 11.4. The number of pyridine rings is 1. The van der Waals surface area contributed by atoms with Gasteiger partial charge in [0.1, 0.15) is 23.6 Å². The van der Waals surface area contributed by atoms with Gasteiger partial charge in [0.05, 0.1) is 5.56 Å². The molecule has 3 heterocycles. The molecule has 456 valence electrons. The third-order valence-electron chi connectivity index (χ3n) is 14.6. The molecule has 10 aromatic rings. The average molecular weight is 1250 g/mol. The van der Waals surface area contributed by atoms with E-state index < -0.39 is 16.9 Å². The molecule has 1 aliphatic rings. The van der Waals surface area contributed by atoms with E-state index in [1.54, 1.807) is 30.5 Å². The van der Waals surface area contributed by atoms with Crippen LogP contribution < -0.4 is 31.3 Å². The number of aryl methyl sites for hydroxylation is 2. The third kappa shape index (κ3) is 19.7. The number of unbranched alkanes of at least 4 members (excludes halogenated alkanes) is 5. The van der Waals surface area contributed by atoms with Crippen LogP contribution in [0.15, 0.2) is 211 Å². The number of aromatic nitrogens is 2. The molecule has 0 spiro atoms. The van der Waals surface area contributed by atoms with Crippen LogP contribution in [-0.2, 0) is 43.3 Å². The number of thiocarbonyl (C=S) groups is 2. The van der Waals surface area contributed by atoms with E-state index in [2.05, 4.69) is 79.9 Å². The van der Waals surface area contributed by atoms with Crippen LogP contribution in [0, 0.1) is 11.0 Å². The van der Waals surface area contributed by atoms with Gasteiger partial charge in [0.15, 0.2) is 21.1 Å². The topological polar surface area (TPSA) is 142 Å². The minimum Gasteiger partial charge on any atom is -0.489 e. The number of thiazole rings is 1. The van der Waals surface area contributed by atoms with Crippen LogP contribution in [0.25, 0.3) is 22.2 Å². The molecule has 0 fully saturated rings. The fourth-order valence-electron chi connectivity index (χ4n) is 10.1. The number of halogens is 4. The Morgan fingerprint density at radius 3 is 2.09 bits per heavy atom. The largest absolute Gasteiger partial charge is 0.489 e. The van der Waals surface area contributed by atoms with Gasteiger partial charge in [-0.1, -0.05) is 178 Å². The van der Waals surface area contributed by atoms with E-state index in [-0.39, 0.29) is 50.7 Å². The van der Waals surface area contributed by atoms with Gasteiger partial charge < -0.3 is 30.4 Å². The first-order valence-electron chi connectivity index (χ1n) is 29.5. The Hall–Kier alpha value is -9.10. The second-order valence-electron chi connectivity index (χ2n) is 21.3. The van der Waals surface area contributed by atoms with Crippen LogP contribution in [-0.4, -0.2) is 32.0 Å². The number of benzene rings is 7. The maximum Gasteiger partial charge on any atom is 0.416 e. The molecule has 3 aromatic heterocycles. The molecule has 0 bridgehead atoms. The minimum absolute atomic E-state index is 0.0292. The summed E-state index contributed by atoms with van der Waals surface area (Å²) in [4.78, 5) is 33.2. The number of furan rings is 1. The number of fused-ring (bicyclic) bond motifs is 2. The molecule has 1 unspecified atom stereocenters. The van der Waals surface area contributed by atoms with Crippen molar-refractivity contribution in [3.05, 3.63) is 256 Å². The number of alkyl halides is 3. The molecule has 2 amide bonds. The predicted octanol–water partition coefficient (Wildman–Crippen LogP) is 18.0. The zero-order valence-corrected chi connectivity index (χ0v) is 51.4. The summed E-state index contributed by atoms with van der Waals surface area (Å²) in [5, 5.41) is 15.5. The van der Waals surface area contributed by atoms with Crippen molar-refractivity contribution < 1.29 is 36.3 Å². The summed E-state index contributed by atoms with van der Waals surface area (Å²) < 4.78 is 66.6. The van der Waals surface area contributed by atoms with E-state index in [4.69, 9.17) is 33.6 Å². The van der Waals surface area contributed by atoms with Crippen molar-refractivity contribution in [2.45, 2.75) is 90.3 Å². The second-order valence-corrected chi connectivity index (χ2v) is 23.0. The van der Waals surface area contributed by atoms with Crippen LogP contribution in [0.4, 0.5) is 39.8 Å². The van der Waals surface area contributed by atoms with Crippen molar-refractivity contribution in [1.82, 2.24) is 20.6 Å². The smallest absolute Gasteiger partial charge is 0.416 e. The van der Waals surface area contributed by atoms with Gasteiger partial charge >= 0.3 is 6.18 Å². The molecule has 0 saturated heterocycles. The zero-order valence-electron chi connectivity index (χ0n) is 49.0. The van der Waals surface area contributed by atoms with E-state index in [1.165, 1.54) is 29.0 Å². The number of anilines is 4. The van der Waals surface area contributed by atoms with E-state index in [1.807, 2.05) is 121 Å². The molecule has 0 aliphatic heterocycles. The lowest BCUT2D eigenvalue weighted by Gasteiger charge is -2.24. The molecule has 18 heteroatoms. The first-order valence-corrected chi connectivity index (χ1v) is 31.1. The highest BCUT2D eigenvalue weighted by Gasteiger charge is 2.33. The monoisotopic (exact) mass is 1250 g/mol. The van der Waals surface area contributed by atoms with E-state index in [9.17, 15) is 27.2 Å². The number of rotatable bonds is 19. The number of ether oxygens (including phenoxy) is 1. The van der Waals surface area contributed by atoms with Crippen molar-refractivity contribution in [3.63, 3.8) is 0 Å². The Kier molecular flexibility index (Phi) is 23.3. The predicted molar refractivity (Wildman–Crippen MR) is 356 cm³/mol. The van der Waals surface area contributed by atoms with Crippen molar-refractivity contribution in [1.29, 1.82) is 0 Å². The number of para-hydroxylation sites is 1. The van der Waals surface area contributed by atoms with Crippen LogP contribution in [0.5, 0.6) is 5.75 Å². The van der Waals surface area contributed by atoms with Gasteiger partial charge in [-0.2, -0.15) is 17.6 Å². The second kappa shape index (κ2) is 32.2. The van der Waals surface area contributed by atoms with Crippen LogP contribution in [0.2, 0.25) is 0 Å². The Morgan fingerprint density at radius 2 is 1.35 bits per heavy atom. The van der Waals surface area contributed by atoms with Crippen molar-refractivity contribution in [2.75, 3.05) is 16.0 Å². The summed E-state index contributed by atoms with van der Waals surface area (Å²) in [5.41, 5.74) is 8.85. The van der Waals surface area contributed by atoms with Crippen LogP contribution in [0.1, 0.15) is 101 Å². The Morgan fingerprint density at radius 1 is 0.674 bits per heavy atom. The Balaban J connectivity index is 0.000000159.